The molecule has 8 nitrogen and oxygen atoms in total. The first-order chi connectivity index (χ1) is 18.7. The molecule has 9 heteroatoms. The molecule has 0 aliphatic carbocycles. The van der Waals surface area contributed by atoms with E-state index in [1.54, 1.807) is 36.4 Å². The second kappa shape index (κ2) is 12.6. The predicted molar refractivity (Wildman–Crippen MR) is 147 cm³/mol. The number of sulfonamides is 1. The fourth-order valence-corrected chi connectivity index (χ4v) is 5.99. The molecule has 2 N–H and O–H groups in total. The fraction of sp³-hybridized carbons (Fsp3) is 0.267. The Kier molecular flexibility index (Phi) is 9.02. The van der Waals surface area contributed by atoms with Crippen LogP contribution in [0.2, 0.25) is 0 Å². The Labute approximate surface area is 228 Å². The van der Waals surface area contributed by atoms with Crippen LogP contribution < -0.4 is 10.1 Å². The molecule has 1 fully saturated rings. The molecule has 0 spiro atoms. The average Bonchev–Trinajstić information content (AvgIpc) is 3.44. The van der Waals surface area contributed by atoms with Gasteiger partial charge in [0.15, 0.2) is 0 Å². The van der Waals surface area contributed by atoms with Gasteiger partial charge in [0.25, 0.3) is 0 Å². The standard InChI is InChI=1S/C30H30N2O6S/c1-22-11-17-26(18-12-22)39(36,37)32-19-5-10-28(32)29(33)31-27(30(34)35)21-24-15-13-23(14-16-24)7-6-20-38-25-8-3-2-4-9-25/h2-4,8-9,11-18,27-28H,5,10,19-21H2,1H3,(H,31,33)(H,34,35)/t27-,28-/m0/s1. The molecule has 0 radical (unpaired) electrons. The molecule has 1 heterocycles. The van der Waals surface area contributed by atoms with Gasteiger partial charge in [-0.3, -0.25) is 4.79 Å². The molecule has 1 amide bonds. The van der Waals surface area contributed by atoms with E-state index in [-0.39, 0.29) is 24.5 Å². The van der Waals surface area contributed by atoms with Gasteiger partial charge < -0.3 is 15.2 Å². The van der Waals surface area contributed by atoms with Crippen molar-refractivity contribution in [2.75, 3.05) is 13.2 Å². The fourth-order valence-electron chi connectivity index (χ4n) is 4.34. The normalized spacial score (nSPS) is 16.1. The lowest BCUT2D eigenvalue weighted by molar-refractivity contribution is -0.142. The lowest BCUT2D eigenvalue weighted by atomic mass is 10.0. The Morgan fingerprint density at radius 2 is 1.74 bits per heavy atom. The number of para-hydroxylation sites is 1. The summed E-state index contributed by atoms with van der Waals surface area (Å²) in [6, 6.07) is 20.7. The summed E-state index contributed by atoms with van der Waals surface area (Å²) >= 11 is 0. The van der Waals surface area contributed by atoms with Crippen molar-refractivity contribution in [2.24, 2.45) is 0 Å². The summed E-state index contributed by atoms with van der Waals surface area (Å²) in [5.74, 6) is 4.86. The number of carboxylic acids is 1. The van der Waals surface area contributed by atoms with Crippen molar-refractivity contribution in [3.05, 3.63) is 95.6 Å². The highest BCUT2D eigenvalue weighted by atomic mass is 32.2. The molecule has 39 heavy (non-hydrogen) atoms. The number of aryl methyl sites for hydroxylation is 1. The van der Waals surface area contributed by atoms with Crippen molar-refractivity contribution < 1.29 is 27.9 Å². The molecule has 0 aromatic heterocycles. The topological polar surface area (TPSA) is 113 Å². The first-order valence-electron chi connectivity index (χ1n) is 12.6. The molecule has 3 aromatic rings. The molecule has 1 aliphatic rings. The largest absolute Gasteiger partial charge is 0.481 e. The van der Waals surface area contributed by atoms with Crippen LogP contribution in [0.1, 0.15) is 29.5 Å². The summed E-state index contributed by atoms with van der Waals surface area (Å²) in [5, 5.41) is 12.3. The van der Waals surface area contributed by atoms with Gasteiger partial charge in [-0.05, 0) is 61.7 Å². The Hall–Kier alpha value is -4.13. The van der Waals surface area contributed by atoms with Crippen molar-refractivity contribution in [2.45, 2.75) is 43.2 Å². The maximum Gasteiger partial charge on any atom is 0.326 e. The zero-order valence-corrected chi connectivity index (χ0v) is 22.4. The number of carboxylic acid groups (broad SMARTS) is 1. The molecule has 3 aromatic carbocycles. The van der Waals surface area contributed by atoms with Crippen LogP contribution >= 0.6 is 0 Å². The lowest BCUT2D eigenvalue weighted by Crippen LogP contribution is -2.51. The first-order valence-corrected chi connectivity index (χ1v) is 14.1. The average molecular weight is 547 g/mol. The summed E-state index contributed by atoms with van der Waals surface area (Å²) in [6.45, 7) is 2.29. The molecule has 1 saturated heterocycles. The Bertz CT molecular complexity index is 1460. The third kappa shape index (κ3) is 7.25. The van der Waals surface area contributed by atoms with Crippen LogP contribution in [0.3, 0.4) is 0 Å². The number of amides is 1. The van der Waals surface area contributed by atoms with Crippen LogP contribution in [0.15, 0.2) is 83.8 Å². The van der Waals surface area contributed by atoms with Gasteiger partial charge in [-0.25, -0.2) is 13.2 Å². The molecular formula is C30H30N2O6S. The van der Waals surface area contributed by atoms with Gasteiger partial charge in [0.1, 0.15) is 24.4 Å². The third-order valence-electron chi connectivity index (χ3n) is 6.43. The van der Waals surface area contributed by atoms with Crippen LogP contribution in [-0.4, -0.2) is 54.9 Å². The van der Waals surface area contributed by atoms with Crippen molar-refractivity contribution in [1.29, 1.82) is 0 Å². The van der Waals surface area contributed by atoms with E-state index in [9.17, 15) is 23.1 Å². The van der Waals surface area contributed by atoms with Gasteiger partial charge in [-0.1, -0.05) is 59.9 Å². The number of benzene rings is 3. The van der Waals surface area contributed by atoms with Gasteiger partial charge in [0.2, 0.25) is 15.9 Å². The van der Waals surface area contributed by atoms with Gasteiger partial charge >= 0.3 is 5.97 Å². The number of carbonyl (C=O) groups excluding carboxylic acids is 1. The zero-order chi connectivity index (χ0) is 27.8. The number of hydrogen-bond acceptors (Lipinski definition) is 5. The number of hydrogen-bond donors (Lipinski definition) is 2. The SMILES string of the molecule is Cc1ccc(S(=O)(=O)N2CCC[C@H]2C(=O)N[C@@H](Cc2ccc(C#CCOc3ccccc3)cc2)C(=O)O)cc1. The lowest BCUT2D eigenvalue weighted by Gasteiger charge is -2.25. The van der Waals surface area contributed by atoms with Crippen LogP contribution in [-0.2, 0) is 26.0 Å². The van der Waals surface area contributed by atoms with Crippen molar-refractivity contribution in [3.8, 4) is 17.6 Å². The highest BCUT2D eigenvalue weighted by molar-refractivity contribution is 7.89. The molecule has 202 valence electrons. The van der Waals surface area contributed by atoms with Gasteiger partial charge in [0, 0.05) is 18.5 Å². The van der Waals surface area contributed by atoms with Crippen molar-refractivity contribution >= 4 is 21.9 Å². The highest BCUT2D eigenvalue weighted by Gasteiger charge is 2.40. The monoisotopic (exact) mass is 546 g/mol. The van der Waals surface area contributed by atoms with E-state index in [1.165, 1.54) is 16.4 Å². The van der Waals surface area contributed by atoms with Gasteiger partial charge in [0.05, 0.1) is 4.90 Å². The van der Waals surface area contributed by atoms with Gasteiger partial charge in [-0.15, -0.1) is 0 Å². The zero-order valence-electron chi connectivity index (χ0n) is 21.5. The second-order valence-corrected chi connectivity index (χ2v) is 11.2. The second-order valence-electron chi connectivity index (χ2n) is 9.29. The molecular weight excluding hydrogens is 516 g/mol. The smallest absolute Gasteiger partial charge is 0.326 e. The Morgan fingerprint density at radius 1 is 1.05 bits per heavy atom. The molecule has 0 saturated carbocycles. The van der Waals surface area contributed by atoms with Crippen molar-refractivity contribution in [3.63, 3.8) is 0 Å². The van der Waals surface area contributed by atoms with E-state index in [1.807, 2.05) is 37.3 Å². The van der Waals surface area contributed by atoms with Crippen LogP contribution in [0, 0.1) is 18.8 Å². The summed E-state index contributed by atoms with van der Waals surface area (Å²) in [4.78, 5) is 25.2. The molecule has 1 aliphatic heterocycles. The third-order valence-corrected chi connectivity index (χ3v) is 8.35. The molecule has 0 unspecified atom stereocenters. The number of aliphatic carboxylic acids is 1. The maximum atomic E-state index is 13.2. The predicted octanol–water partition coefficient (Wildman–Crippen LogP) is 3.39. The van der Waals surface area contributed by atoms with E-state index in [0.29, 0.717) is 18.4 Å². The molecule has 4 rings (SSSR count). The van der Waals surface area contributed by atoms with E-state index in [4.69, 9.17) is 4.74 Å². The van der Waals surface area contributed by atoms with Crippen LogP contribution in [0.25, 0.3) is 0 Å². The summed E-state index contributed by atoms with van der Waals surface area (Å²) in [7, 11) is -3.89. The summed E-state index contributed by atoms with van der Waals surface area (Å²) in [6.07, 6.45) is 0.883. The number of rotatable bonds is 9. The van der Waals surface area contributed by atoms with Crippen molar-refractivity contribution in [1.82, 2.24) is 9.62 Å². The van der Waals surface area contributed by atoms with E-state index >= 15 is 0 Å². The number of carbonyl (C=O) groups is 2. The minimum atomic E-state index is -3.89. The van der Waals surface area contributed by atoms with Gasteiger partial charge in [-0.2, -0.15) is 4.31 Å². The van der Waals surface area contributed by atoms with E-state index in [2.05, 4.69) is 17.2 Å². The summed E-state index contributed by atoms with van der Waals surface area (Å²) in [5.41, 5.74) is 2.37. The minimum Gasteiger partial charge on any atom is -0.481 e. The minimum absolute atomic E-state index is 0.0450. The number of nitrogens with one attached hydrogen (secondary N) is 1. The highest BCUT2D eigenvalue weighted by Crippen LogP contribution is 2.26. The van der Waals surface area contributed by atoms with E-state index in [0.717, 1.165) is 16.9 Å². The molecule has 0 bridgehead atoms. The Morgan fingerprint density at radius 3 is 2.41 bits per heavy atom. The number of ether oxygens (including phenoxy) is 1. The maximum absolute atomic E-state index is 13.2. The first kappa shape index (κ1) is 27.9. The van der Waals surface area contributed by atoms with Crippen LogP contribution in [0.4, 0.5) is 0 Å². The quantitative estimate of drug-likeness (QED) is 0.398. The summed E-state index contributed by atoms with van der Waals surface area (Å²) < 4.78 is 33.1. The van der Waals surface area contributed by atoms with Crippen LogP contribution in [0.5, 0.6) is 5.75 Å². The Balaban J connectivity index is 1.37. The molecule has 2 atom stereocenters. The number of nitrogens with zero attached hydrogens (tertiary/aromatic N) is 1. The van der Waals surface area contributed by atoms with E-state index < -0.39 is 34.0 Å².